The molecule has 1 aromatic carbocycles. The topological polar surface area (TPSA) is 73.3 Å². The smallest absolute Gasteiger partial charge is 0.230 e. The molecular weight excluding hydrogens is 454 g/mol. The van der Waals surface area contributed by atoms with Gasteiger partial charge in [-0.05, 0) is 68.2 Å². The number of methoxy groups -OCH3 is 2. The third-order valence-corrected chi connectivity index (χ3v) is 8.43. The van der Waals surface area contributed by atoms with Crippen LogP contribution in [0.3, 0.4) is 0 Å². The van der Waals surface area contributed by atoms with Crippen LogP contribution in [0.4, 0.5) is 0 Å². The van der Waals surface area contributed by atoms with Gasteiger partial charge < -0.3 is 14.8 Å². The SMILES string of the molecule is COc1ccc(CCNC(=O)CSc2nc(C3CC3)nc3sc4c(c23)CCCC4)cc1OC. The lowest BCUT2D eigenvalue weighted by Gasteiger charge is -2.12. The summed E-state index contributed by atoms with van der Waals surface area (Å²) < 4.78 is 10.7. The molecule has 2 heterocycles. The van der Waals surface area contributed by atoms with Gasteiger partial charge in [-0.25, -0.2) is 9.97 Å². The van der Waals surface area contributed by atoms with Gasteiger partial charge in [-0.2, -0.15) is 0 Å². The second-order valence-corrected chi connectivity index (χ2v) is 10.7. The van der Waals surface area contributed by atoms with Crippen LogP contribution in [0.25, 0.3) is 10.2 Å². The second kappa shape index (κ2) is 9.89. The van der Waals surface area contributed by atoms with E-state index in [1.165, 1.54) is 41.5 Å². The Morgan fingerprint density at radius 3 is 2.76 bits per heavy atom. The van der Waals surface area contributed by atoms with Gasteiger partial charge in [-0.3, -0.25) is 4.79 Å². The lowest BCUT2D eigenvalue weighted by Crippen LogP contribution is -2.27. The number of thiophene rings is 1. The highest BCUT2D eigenvalue weighted by molar-refractivity contribution is 8.00. The summed E-state index contributed by atoms with van der Waals surface area (Å²) >= 11 is 3.40. The fourth-order valence-corrected chi connectivity index (χ4v) is 6.56. The summed E-state index contributed by atoms with van der Waals surface area (Å²) in [6.45, 7) is 0.579. The van der Waals surface area contributed by atoms with Gasteiger partial charge in [0.2, 0.25) is 5.91 Å². The van der Waals surface area contributed by atoms with Crippen molar-refractivity contribution in [2.24, 2.45) is 0 Å². The quantitative estimate of drug-likeness (QED) is 0.344. The first-order chi connectivity index (χ1) is 16.2. The summed E-state index contributed by atoms with van der Waals surface area (Å²) in [6.07, 6.45) is 7.83. The first-order valence-corrected chi connectivity index (χ1v) is 13.4. The van der Waals surface area contributed by atoms with Crippen molar-refractivity contribution in [3.8, 4) is 11.5 Å². The summed E-state index contributed by atoms with van der Waals surface area (Å²) in [5.74, 6) is 3.28. The maximum absolute atomic E-state index is 12.6. The zero-order chi connectivity index (χ0) is 22.8. The highest BCUT2D eigenvalue weighted by Gasteiger charge is 2.29. The number of ether oxygens (including phenoxy) is 2. The van der Waals surface area contributed by atoms with Gasteiger partial charge in [0.05, 0.1) is 20.0 Å². The molecule has 2 aliphatic rings. The van der Waals surface area contributed by atoms with Crippen LogP contribution in [0, 0.1) is 0 Å². The Morgan fingerprint density at radius 1 is 1.15 bits per heavy atom. The van der Waals surface area contributed by atoms with Crippen LogP contribution in [0.15, 0.2) is 23.2 Å². The number of rotatable bonds is 9. The minimum Gasteiger partial charge on any atom is -0.493 e. The van der Waals surface area contributed by atoms with Gasteiger partial charge in [-0.15, -0.1) is 11.3 Å². The number of hydrogen-bond donors (Lipinski definition) is 1. The van der Waals surface area contributed by atoms with Crippen LogP contribution < -0.4 is 14.8 Å². The van der Waals surface area contributed by atoms with Crippen molar-refractivity contribution in [1.29, 1.82) is 0 Å². The van der Waals surface area contributed by atoms with Crippen molar-refractivity contribution in [3.63, 3.8) is 0 Å². The van der Waals surface area contributed by atoms with Crippen molar-refractivity contribution in [1.82, 2.24) is 15.3 Å². The van der Waals surface area contributed by atoms with E-state index in [4.69, 9.17) is 19.4 Å². The monoisotopic (exact) mass is 483 g/mol. The van der Waals surface area contributed by atoms with Gasteiger partial charge in [0.15, 0.2) is 11.5 Å². The summed E-state index contributed by atoms with van der Waals surface area (Å²) in [6, 6.07) is 5.85. The first-order valence-electron chi connectivity index (χ1n) is 11.6. The van der Waals surface area contributed by atoms with Crippen LogP contribution in [0.2, 0.25) is 0 Å². The summed E-state index contributed by atoms with van der Waals surface area (Å²) in [7, 11) is 3.25. The van der Waals surface area contributed by atoms with E-state index in [1.54, 1.807) is 26.0 Å². The van der Waals surface area contributed by atoms with E-state index in [9.17, 15) is 4.79 Å². The lowest BCUT2D eigenvalue weighted by molar-refractivity contribution is -0.118. The molecule has 1 saturated carbocycles. The molecule has 0 spiro atoms. The van der Waals surface area contributed by atoms with Crippen molar-refractivity contribution in [2.45, 2.75) is 55.9 Å². The molecule has 1 N–H and O–H groups in total. The molecular formula is C25H29N3O3S2. The lowest BCUT2D eigenvalue weighted by atomic mass is 9.97. The van der Waals surface area contributed by atoms with Crippen LogP contribution >= 0.6 is 23.1 Å². The van der Waals surface area contributed by atoms with E-state index in [2.05, 4.69) is 5.32 Å². The van der Waals surface area contributed by atoms with E-state index in [-0.39, 0.29) is 5.91 Å². The van der Waals surface area contributed by atoms with E-state index in [0.717, 1.165) is 40.5 Å². The maximum Gasteiger partial charge on any atom is 0.230 e. The van der Waals surface area contributed by atoms with Crippen molar-refractivity contribution >= 4 is 39.2 Å². The number of amides is 1. The molecule has 1 fully saturated rings. The molecule has 174 valence electrons. The normalized spacial score (nSPS) is 15.3. The largest absolute Gasteiger partial charge is 0.493 e. The number of carbonyl (C=O) groups is 1. The number of hydrogen-bond acceptors (Lipinski definition) is 7. The minimum atomic E-state index is 0.0318. The Labute approximate surface area is 202 Å². The van der Waals surface area contributed by atoms with E-state index >= 15 is 0 Å². The molecule has 0 aliphatic heterocycles. The van der Waals surface area contributed by atoms with Gasteiger partial charge in [0, 0.05) is 22.7 Å². The number of nitrogens with one attached hydrogen (secondary N) is 1. The molecule has 5 rings (SSSR count). The molecule has 0 atom stereocenters. The zero-order valence-corrected chi connectivity index (χ0v) is 20.7. The molecule has 0 bridgehead atoms. The first kappa shape index (κ1) is 22.5. The fourth-order valence-electron chi connectivity index (χ4n) is 4.34. The summed E-state index contributed by atoms with van der Waals surface area (Å²) in [4.78, 5) is 25.0. The number of thioether (sulfide) groups is 1. The van der Waals surface area contributed by atoms with Gasteiger partial charge in [0.1, 0.15) is 15.7 Å². The summed E-state index contributed by atoms with van der Waals surface area (Å²) in [5, 5.41) is 5.26. The maximum atomic E-state index is 12.6. The Hall–Kier alpha value is -2.32. The highest BCUT2D eigenvalue weighted by Crippen LogP contribution is 2.44. The third-order valence-electron chi connectivity index (χ3n) is 6.27. The summed E-state index contributed by atoms with van der Waals surface area (Å²) in [5.41, 5.74) is 2.53. The average molecular weight is 484 g/mol. The molecule has 6 nitrogen and oxygen atoms in total. The Balaban J connectivity index is 1.23. The van der Waals surface area contributed by atoms with Crippen molar-refractivity contribution in [2.75, 3.05) is 26.5 Å². The van der Waals surface area contributed by atoms with Gasteiger partial charge in [0.25, 0.3) is 0 Å². The Morgan fingerprint density at radius 2 is 1.97 bits per heavy atom. The van der Waals surface area contributed by atoms with Crippen molar-refractivity contribution < 1.29 is 14.3 Å². The van der Waals surface area contributed by atoms with Crippen LogP contribution in [-0.4, -0.2) is 42.4 Å². The number of nitrogens with zero attached hydrogens (tertiary/aromatic N) is 2. The van der Waals surface area contributed by atoms with Crippen molar-refractivity contribution in [3.05, 3.63) is 40.0 Å². The third kappa shape index (κ3) is 4.96. The highest BCUT2D eigenvalue weighted by atomic mass is 32.2. The molecule has 3 aromatic rings. The van der Waals surface area contributed by atoms with Crippen LogP contribution in [-0.2, 0) is 24.1 Å². The molecule has 2 aliphatic carbocycles. The van der Waals surface area contributed by atoms with Gasteiger partial charge in [-0.1, -0.05) is 17.8 Å². The average Bonchev–Trinajstić information content (AvgIpc) is 3.62. The molecule has 2 aromatic heterocycles. The predicted molar refractivity (Wildman–Crippen MR) is 133 cm³/mol. The number of benzene rings is 1. The molecule has 1 amide bonds. The van der Waals surface area contributed by atoms with Crippen LogP contribution in [0.5, 0.6) is 11.5 Å². The van der Waals surface area contributed by atoms with Crippen LogP contribution in [0.1, 0.15) is 53.4 Å². The standard InChI is InChI=1S/C25H29N3O3S2/c1-30-18-10-7-15(13-19(18)31-2)11-12-26-21(29)14-32-24-22-17-5-3-4-6-20(17)33-25(22)28-23(27-24)16-8-9-16/h7,10,13,16H,3-6,8-9,11-12,14H2,1-2H3,(H,26,29). The number of aromatic nitrogens is 2. The number of carbonyl (C=O) groups excluding carboxylic acids is 1. The molecule has 33 heavy (non-hydrogen) atoms. The minimum absolute atomic E-state index is 0.0318. The van der Waals surface area contributed by atoms with Gasteiger partial charge >= 0.3 is 0 Å². The molecule has 8 heteroatoms. The molecule has 0 radical (unpaired) electrons. The molecule has 0 saturated heterocycles. The Kier molecular flexibility index (Phi) is 6.74. The number of fused-ring (bicyclic) bond motifs is 3. The fraction of sp³-hybridized carbons (Fsp3) is 0.480. The van der Waals surface area contributed by atoms with E-state index < -0.39 is 0 Å². The van der Waals surface area contributed by atoms with E-state index in [0.29, 0.717) is 29.7 Å². The van der Waals surface area contributed by atoms with E-state index in [1.807, 2.05) is 29.5 Å². The zero-order valence-electron chi connectivity index (χ0n) is 19.1. The molecule has 0 unspecified atom stereocenters. The number of aryl methyl sites for hydroxylation is 2. The predicted octanol–water partition coefficient (Wildman–Crippen LogP) is 4.92. The Bertz CT molecular complexity index is 1170. The second-order valence-electron chi connectivity index (χ2n) is 8.63.